The summed E-state index contributed by atoms with van der Waals surface area (Å²) in [5.41, 5.74) is 4.98. The summed E-state index contributed by atoms with van der Waals surface area (Å²) in [4.78, 5) is 10.4. The molecule has 1 amide bonds. The normalized spacial score (nSPS) is 18.3. The van der Waals surface area contributed by atoms with Gasteiger partial charge in [0.15, 0.2) is 0 Å². The average molecular weight is 200 g/mol. The predicted molar refractivity (Wildman–Crippen MR) is 54.9 cm³/mol. The number of rotatable bonds is 6. The summed E-state index contributed by atoms with van der Waals surface area (Å²) in [5.74, 6) is -0.317. The van der Waals surface area contributed by atoms with Gasteiger partial charge in [-0.15, -0.1) is 0 Å². The van der Waals surface area contributed by atoms with Crippen LogP contribution in [0.25, 0.3) is 0 Å². The zero-order valence-electron chi connectivity index (χ0n) is 8.63. The SMILES string of the molecule is NC(=O)CNCCOC1CCCCC1. The van der Waals surface area contributed by atoms with Crippen molar-refractivity contribution >= 4 is 5.91 Å². The Bertz CT molecular complexity index is 168. The molecule has 14 heavy (non-hydrogen) atoms. The lowest BCUT2D eigenvalue weighted by Gasteiger charge is -2.21. The van der Waals surface area contributed by atoms with Crippen molar-refractivity contribution in [1.29, 1.82) is 0 Å². The van der Waals surface area contributed by atoms with Crippen LogP contribution >= 0.6 is 0 Å². The largest absolute Gasteiger partial charge is 0.377 e. The molecule has 82 valence electrons. The molecule has 1 saturated carbocycles. The zero-order chi connectivity index (χ0) is 10.2. The Morgan fingerprint density at radius 3 is 2.71 bits per heavy atom. The first kappa shape index (κ1) is 11.5. The molecule has 1 rings (SSSR count). The Kier molecular flexibility index (Phi) is 5.56. The molecule has 0 heterocycles. The van der Waals surface area contributed by atoms with Crippen molar-refractivity contribution in [1.82, 2.24) is 5.32 Å². The number of hydrogen-bond acceptors (Lipinski definition) is 3. The molecule has 0 unspecified atom stereocenters. The van der Waals surface area contributed by atoms with E-state index in [-0.39, 0.29) is 12.5 Å². The van der Waals surface area contributed by atoms with Gasteiger partial charge in [-0.1, -0.05) is 19.3 Å². The molecule has 0 spiro atoms. The van der Waals surface area contributed by atoms with E-state index in [2.05, 4.69) is 5.32 Å². The van der Waals surface area contributed by atoms with Gasteiger partial charge in [0, 0.05) is 6.54 Å². The molecule has 1 aliphatic carbocycles. The Morgan fingerprint density at radius 2 is 2.07 bits per heavy atom. The first-order chi connectivity index (χ1) is 6.79. The lowest BCUT2D eigenvalue weighted by molar-refractivity contribution is -0.117. The maximum absolute atomic E-state index is 10.4. The van der Waals surface area contributed by atoms with Gasteiger partial charge in [0.2, 0.25) is 5.91 Å². The second-order valence-electron chi connectivity index (χ2n) is 3.77. The third-order valence-corrected chi connectivity index (χ3v) is 2.48. The van der Waals surface area contributed by atoms with Crippen molar-refractivity contribution < 1.29 is 9.53 Å². The van der Waals surface area contributed by atoms with E-state index in [0.29, 0.717) is 19.3 Å². The minimum atomic E-state index is -0.317. The number of carbonyl (C=O) groups excluding carboxylic acids is 1. The maximum atomic E-state index is 10.4. The minimum absolute atomic E-state index is 0.244. The lowest BCUT2D eigenvalue weighted by atomic mass is 9.98. The van der Waals surface area contributed by atoms with E-state index in [9.17, 15) is 4.79 Å². The van der Waals surface area contributed by atoms with Crippen LogP contribution < -0.4 is 11.1 Å². The monoisotopic (exact) mass is 200 g/mol. The van der Waals surface area contributed by atoms with Gasteiger partial charge in [0.25, 0.3) is 0 Å². The van der Waals surface area contributed by atoms with Crippen molar-refractivity contribution in [2.45, 2.75) is 38.2 Å². The van der Waals surface area contributed by atoms with Gasteiger partial charge in [-0.2, -0.15) is 0 Å². The molecule has 0 aliphatic heterocycles. The highest BCUT2D eigenvalue weighted by atomic mass is 16.5. The minimum Gasteiger partial charge on any atom is -0.377 e. The second-order valence-corrected chi connectivity index (χ2v) is 3.77. The maximum Gasteiger partial charge on any atom is 0.231 e. The third-order valence-electron chi connectivity index (χ3n) is 2.48. The molecular formula is C10H20N2O2. The van der Waals surface area contributed by atoms with E-state index in [1.54, 1.807) is 0 Å². The number of nitrogens with one attached hydrogen (secondary N) is 1. The van der Waals surface area contributed by atoms with Gasteiger partial charge in [-0.3, -0.25) is 4.79 Å². The summed E-state index contributed by atoms with van der Waals surface area (Å²) in [6, 6.07) is 0. The number of nitrogens with two attached hydrogens (primary N) is 1. The standard InChI is InChI=1S/C10H20N2O2/c11-10(13)8-12-6-7-14-9-4-2-1-3-5-9/h9,12H,1-8H2,(H2,11,13). The van der Waals surface area contributed by atoms with Crippen LogP contribution in [0.5, 0.6) is 0 Å². The fourth-order valence-corrected chi connectivity index (χ4v) is 1.74. The highest BCUT2D eigenvalue weighted by Crippen LogP contribution is 2.19. The Labute approximate surface area is 85.2 Å². The smallest absolute Gasteiger partial charge is 0.231 e. The average Bonchev–Trinajstić information content (AvgIpc) is 2.18. The van der Waals surface area contributed by atoms with Gasteiger partial charge >= 0.3 is 0 Å². The van der Waals surface area contributed by atoms with Crippen LogP contribution in [0.3, 0.4) is 0 Å². The van der Waals surface area contributed by atoms with Crippen molar-refractivity contribution in [3.8, 4) is 0 Å². The van der Waals surface area contributed by atoms with Gasteiger partial charge in [-0.05, 0) is 12.8 Å². The number of hydrogen-bond donors (Lipinski definition) is 2. The summed E-state index contributed by atoms with van der Waals surface area (Å²) in [6.07, 6.45) is 6.75. The van der Waals surface area contributed by atoms with E-state index < -0.39 is 0 Å². The first-order valence-corrected chi connectivity index (χ1v) is 5.39. The molecule has 4 nitrogen and oxygen atoms in total. The topological polar surface area (TPSA) is 64.4 Å². The van der Waals surface area contributed by atoms with E-state index in [0.717, 1.165) is 0 Å². The van der Waals surface area contributed by atoms with E-state index in [1.165, 1.54) is 32.1 Å². The molecule has 1 fully saturated rings. The molecule has 0 bridgehead atoms. The van der Waals surface area contributed by atoms with Crippen LogP contribution in [0, 0.1) is 0 Å². The summed E-state index contributed by atoms with van der Waals surface area (Å²) in [7, 11) is 0. The van der Waals surface area contributed by atoms with Crippen LogP contribution in [0.4, 0.5) is 0 Å². The number of carbonyl (C=O) groups is 1. The molecule has 1 aliphatic rings. The highest BCUT2D eigenvalue weighted by molar-refractivity contribution is 5.75. The Hall–Kier alpha value is -0.610. The number of ether oxygens (including phenoxy) is 1. The molecule has 0 aromatic rings. The first-order valence-electron chi connectivity index (χ1n) is 5.39. The predicted octanol–water partition coefficient (Wildman–Crippen LogP) is 0.411. The summed E-state index contributed by atoms with van der Waals surface area (Å²) >= 11 is 0. The Balaban J connectivity index is 1.90. The van der Waals surface area contributed by atoms with E-state index >= 15 is 0 Å². The molecule has 0 radical (unpaired) electrons. The summed E-state index contributed by atoms with van der Waals surface area (Å²) in [6.45, 7) is 1.63. The van der Waals surface area contributed by atoms with Crippen molar-refractivity contribution in [3.05, 3.63) is 0 Å². The molecule has 3 N–H and O–H groups in total. The van der Waals surface area contributed by atoms with Gasteiger partial charge in [0.1, 0.15) is 0 Å². The van der Waals surface area contributed by atoms with Crippen molar-refractivity contribution in [2.24, 2.45) is 5.73 Å². The van der Waals surface area contributed by atoms with Gasteiger partial charge < -0.3 is 15.8 Å². The van der Waals surface area contributed by atoms with Crippen LogP contribution in [0.2, 0.25) is 0 Å². The van der Waals surface area contributed by atoms with Crippen LogP contribution in [-0.2, 0) is 9.53 Å². The number of primary amides is 1. The molecule has 0 aromatic heterocycles. The molecule has 0 atom stereocenters. The Morgan fingerprint density at radius 1 is 1.36 bits per heavy atom. The van der Waals surface area contributed by atoms with Crippen molar-refractivity contribution in [3.63, 3.8) is 0 Å². The van der Waals surface area contributed by atoms with Crippen molar-refractivity contribution in [2.75, 3.05) is 19.7 Å². The van der Waals surface area contributed by atoms with Crippen LogP contribution in [-0.4, -0.2) is 31.7 Å². The van der Waals surface area contributed by atoms with Crippen LogP contribution in [0.15, 0.2) is 0 Å². The molecule has 0 saturated heterocycles. The zero-order valence-corrected chi connectivity index (χ0v) is 8.63. The quantitative estimate of drug-likeness (QED) is 0.610. The van der Waals surface area contributed by atoms with Gasteiger partial charge in [0.05, 0.1) is 19.3 Å². The van der Waals surface area contributed by atoms with E-state index in [1.807, 2.05) is 0 Å². The van der Waals surface area contributed by atoms with Gasteiger partial charge in [-0.25, -0.2) is 0 Å². The number of amides is 1. The third kappa shape index (κ3) is 5.19. The summed E-state index contributed by atoms with van der Waals surface area (Å²) < 4.78 is 5.65. The fourth-order valence-electron chi connectivity index (χ4n) is 1.74. The lowest BCUT2D eigenvalue weighted by Crippen LogP contribution is -2.32. The summed E-state index contributed by atoms with van der Waals surface area (Å²) in [5, 5.41) is 2.92. The molecule has 4 heteroatoms. The second kappa shape index (κ2) is 6.79. The molecule has 0 aromatic carbocycles. The highest BCUT2D eigenvalue weighted by Gasteiger charge is 2.12. The fraction of sp³-hybridized carbons (Fsp3) is 0.900. The van der Waals surface area contributed by atoms with E-state index in [4.69, 9.17) is 10.5 Å². The molecular weight excluding hydrogens is 180 g/mol. The van der Waals surface area contributed by atoms with Crippen LogP contribution in [0.1, 0.15) is 32.1 Å².